The van der Waals surface area contributed by atoms with Gasteiger partial charge in [-0.25, -0.2) is 13.1 Å². The van der Waals surface area contributed by atoms with Gasteiger partial charge in [0.25, 0.3) is 0 Å². The van der Waals surface area contributed by atoms with Crippen LogP contribution in [-0.4, -0.2) is 21.0 Å². The smallest absolute Gasteiger partial charge is 0.244 e. The zero-order valence-corrected chi connectivity index (χ0v) is 13.6. The van der Waals surface area contributed by atoms with Crippen molar-refractivity contribution < 1.29 is 12.8 Å². The van der Waals surface area contributed by atoms with E-state index in [0.29, 0.717) is 35.5 Å². The van der Waals surface area contributed by atoms with Gasteiger partial charge in [-0.1, -0.05) is 12.8 Å². The van der Waals surface area contributed by atoms with Crippen molar-refractivity contribution in [1.82, 2.24) is 10.0 Å². The Morgan fingerprint density at radius 2 is 1.86 bits per heavy atom. The minimum atomic E-state index is -3.48. The Labute approximate surface area is 126 Å². The normalized spacial score (nSPS) is 19.1. The molecule has 118 valence electrons. The summed E-state index contributed by atoms with van der Waals surface area (Å²) in [7, 11) is -3.48. The van der Waals surface area contributed by atoms with E-state index in [0.717, 1.165) is 17.9 Å². The van der Waals surface area contributed by atoms with Crippen molar-refractivity contribution in [2.45, 2.75) is 63.4 Å². The van der Waals surface area contributed by atoms with Crippen LogP contribution in [0.2, 0.25) is 0 Å². The summed E-state index contributed by atoms with van der Waals surface area (Å²) >= 11 is 0. The number of furan rings is 1. The van der Waals surface area contributed by atoms with Crippen molar-refractivity contribution >= 4 is 10.0 Å². The van der Waals surface area contributed by atoms with Gasteiger partial charge < -0.3 is 9.73 Å². The minimum absolute atomic E-state index is 0.337. The number of hydrogen-bond acceptors (Lipinski definition) is 4. The van der Waals surface area contributed by atoms with Crippen molar-refractivity contribution in [3.8, 4) is 0 Å². The monoisotopic (exact) mass is 312 g/mol. The summed E-state index contributed by atoms with van der Waals surface area (Å²) in [5, 5.41) is 3.37. The van der Waals surface area contributed by atoms with Crippen molar-refractivity contribution in [3.05, 3.63) is 17.1 Å². The van der Waals surface area contributed by atoms with Gasteiger partial charge >= 0.3 is 0 Å². The van der Waals surface area contributed by atoms with Crippen LogP contribution in [0.4, 0.5) is 0 Å². The summed E-state index contributed by atoms with van der Waals surface area (Å²) in [6, 6.07) is 0.540. The molecular formula is C15H24N2O3S. The van der Waals surface area contributed by atoms with Crippen LogP contribution in [0, 0.1) is 19.8 Å². The van der Waals surface area contributed by atoms with Gasteiger partial charge in [0.15, 0.2) is 0 Å². The van der Waals surface area contributed by atoms with E-state index >= 15 is 0 Å². The van der Waals surface area contributed by atoms with Crippen molar-refractivity contribution in [3.63, 3.8) is 0 Å². The maximum atomic E-state index is 12.6. The largest absolute Gasteiger partial charge is 0.465 e. The van der Waals surface area contributed by atoms with E-state index in [1.807, 2.05) is 6.92 Å². The quantitative estimate of drug-likeness (QED) is 0.772. The van der Waals surface area contributed by atoms with Gasteiger partial charge in [0.05, 0.1) is 0 Å². The Hall–Kier alpha value is -0.850. The number of aryl methyl sites for hydroxylation is 2. The first kappa shape index (κ1) is 15.1. The fourth-order valence-electron chi connectivity index (χ4n) is 2.68. The highest BCUT2D eigenvalue weighted by Gasteiger charge is 2.29. The van der Waals surface area contributed by atoms with Gasteiger partial charge in [-0.05, 0) is 39.0 Å². The highest BCUT2D eigenvalue weighted by Crippen LogP contribution is 2.32. The predicted octanol–water partition coefficient (Wildman–Crippen LogP) is 2.23. The van der Waals surface area contributed by atoms with Gasteiger partial charge in [0.2, 0.25) is 10.0 Å². The lowest BCUT2D eigenvalue weighted by Crippen LogP contribution is -2.27. The fourth-order valence-corrected chi connectivity index (χ4v) is 4.17. The lowest BCUT2D eigenvalue weighted by Gasteiger charge is -2.09. The van der Waals surface area contributed by atoms with Crippen LogP contribution in [0.3, 0.4) is 0 Å². The van der Waals surface area contributed by atoms with Crippen LogP contribution in [0.1, 0.15) is 49.2 Å². The molecule has 0 aliphatic heterocycles. The molecule has 2 fully saturated rings. The van der Waals surface area contributed by atoms with Crippen LogP contribution < -0.4 is 10.0 Å². The van der Waals surface area contributed by atoms with E-state index in [-0.39, 0.29) is 0 Å². The fraction of sp³-hybridized carbons (Fsp3) is 0.733. The predicted molar refractivity (Wildman–Crippen MR) is 80.6 cm³/mol. The number of sulfonamides is 1. The molecule has 3 rings (SSSR count). The molecule has 1 heterocycles. The highest BCUT2D eigenvalue weighted by molar-refractivity contribution is 7.89. The average Bonchev–Trinajstić information content (AvgIpc) is 3.28. The molecule has 0 aromatic carbocycles. The molecule has 2 N–H and O–H groups in total. The number of rotatable bonds is 8. The van der Waals surface area contributed by atoms with E-state index < -0.39 is 10.0 Å². The Kier molecular flexibility index (Phi) is 4.12. The van der Waals surface area contributed by atoms with E-state index in [1.165, 1.54) is 25.7 Å². The molecule has 2 aliphatic carbocycles. The first-order chi connectivity index (χ1) is 9.97. The first-order valence-electron chi connectivity index (χ1n) is 7.79. The number of nitrogens with one attached hydrogen (secondary N) is 2. The van der Waals surface area contributed by atoms with E-state index in [2.05, 4.69) is 10.0 Å². The van der Waals surface area contributed by atoms with Crippen LogP contribution in [0.15, 0.2) is 9.31 Å². The molecule has 0 amide bonds. The van der Waals surface area contributed by atoms with Crippen LogP contribution in [0.5, 0.6) is 0 Å². The molecule has 0 spiro atoms. The van der Waals surface area contributed by atoms with E-state index in [4.69, 9.17) is 4.42 Å². The van der Waals surface area contributed by atoms with Gasteiger partial charge in [-0.15, -0.1) is 0 Å². The third kappa shape index (κ3) is 3.67. The molecule has 0 saturated heterocycles. The SMILES string of the molecule is Cc1oc(C)c(S(=O)(=O)NCCC2CC2)c1CNC1CC1. The minimum Gasteiger partial charge on any atom is -0.465 e. The first-order valence-corrected chi connectivity index (χ1v) is 9.27. The topological polar surface area (TPSA) is 71.3 Å². The summed E-state index contributed by atoms with van der Waals surface area (Å²) in [6.07, 6.45) is 5.77. The molecule has 2 saturated carbocycles. The van der Waals surface area contributed by atoms with Crippen LogP contribution in [-0.2, 0) is 16.6 Å². The summed E-state index contributed by atoms with van der Waals surface area (Å²) in [5.74, 6) is 1.90. The molecule has 2 aliphatic rings. The van der Waals surface area contributed by atoms with Crippen LogP contribution in [0.25, 0.3) is 0 Å². The molecule has 0 atom stereocenters. The van der Waals surface area contributed by atoms with E-state index in [9.17, 15) is 8.42 Å². The van der Waals surface area contributed by atoms with Gasteiger partial charge in [0, 0.05) is 24.7 Å². The van der Waals surface area contributed by atoms with Crippen LogP contribution >= 0.6 is 0 Å². The molecule has 1 aromatic rings. The van der Waals surface area contributed by atoms with E-state index in [1.54, 1.807) is 6.92 Å². The second-order valence-electron chi connectivity index (χ2n) is 6.31. The maximum Gasteiger partial charge on any atom is 0.244 e. The molecular weight excluding hydrogens is 288 g/mol. The second kappa shape index (κ2) is 5.74. The van der Waals surface area contributed by atoms with Gasteiger partial charge in [-0.3, -0.25) is 0 Å². The average molecular weight is 312 g/mol. The molecule has 6 heteroatoms. The summed E-state index contributed by atoms with van der Waals surface area (Å²) in [4.78, 5) is 0.337. The van der Waals surface area contributed by atoms with Crippen molar-refractivity contribution in [2.75, 3.05) is 6.54 Å². The third-order valence-corrected chi connectivity index (χ3v) is 5.94. The van der Waals surface area contributed by atoms with Gasteiger partial charge in [0.1, 0.15) is 16.4 Å². The zero-order valence-electron chi connectivity index (χ0n) is 12.7. The molecule has 5 nitrogen and oxygen atoms in total. The Morgan fingerprint density at radius 3 is 2.48 bits per heavy atom. The summed E-state index contributed by atoms with van der Waals surface area (Å²) in [6.45, 7) is 4.64. The lowest BCUT2D eigenvalue weighted by molar-refractivity contribution is 0.492. The molecule has 1 aromatic heterocycles. The third-order valence-electron chi connectivity index (χ3n) is 4.28. The van der Waals surface area contributed by atoms with Gasteiger partial charge in [-0.2, -0.15) is 0 Å². The molecule has 0 bridgehead atoms. The highest BCUT2D eigenvalue weighted by atomic mass is 32.2. The zero-order chi connectivity index (χ0) is 15.0. The summed E-state index contributed by atoms with van der Waals surface area (Å²) in [5.41, 5.74) is 0.776. The standard InChI is InChI=1S/C15H24N2O3S/c1-10-14(9-16-13-5-6-13)15(11(2)20-10)21(18,19)17-8-7-12-3-4-12/h12-13,16-17H,3-9H2,1-2H3. The van der Waals surface area contributed by atoms with Crippen molar-refractivity contribution in [1.29, 1.82) is 0 Å². The Morgan fingerprint density at radius 1 is 1.14 bits per heavy atom. The maximum absolute atomic E-state index is 12.6. The molecule has 0 unspecified atom stereocenters. The molecule has 21 heavy (non-hydrogen) atoms. The number of hydrogen-bond donors (Lipinski definition) is 2. The Balaban J connectivity index is 1.73. The molecule has 0 radical (unpaired) electrons. The van der Waals surface area contributed by atoms with Crippen molar-refractivity contribution in [2.24, 2.45) is 5.92 Å². The second-order valence-corrected chi connectivity index (χ2v) is 8.01. The Bertz CT molecular complexity index is 613. The lowest BCUT2D eigenvalue weighted by atomic mass is 10.2. The summed E-state index contributed by atoms with van der Waals surface area (Å²) < 4.78 is 33.4.